The number of pyridine rings is 1. The third-order valence-corrected chi connectivity index (χ3v) is 8.63. The molecule has 3 aliphatic heterocycles. The Morgan fingerprint density at radius 3 is 2.42 bits per heavy atom. The Balaban J connectivity index is 1.21. The van der Waals surface area contributed by atoms with Crippen molar-refractivity contribution in [1.29, 1.82) is 0 Å². The lowest BCUT2D eigenvalue weighted by Crippen LogP contribution is -2.65. The molecule has 0 atom stereocenters. The van der Waals surface area contributed by atoms with Crippen molar-refractivity contribution in [1.82, 2.24) is 20.1 Å². The van der Waals surface area contributed by atoms with Gasteiger partial charge in [-0.2, -0.15) is 0 Å². The molecule has 3 saturated heterocycles. The number of anilines is 1. The molecule has 4 aliphatic rings. The number of hydrogen-bond acceptors (Lipinski definition) is 7. The largest absolute Gasteiger partial charge is 0.480 e. The standard InChI is InChI=1S/C30H39N5O5/c1-3-22-5-4-6-23(15-22)24-16-25(33-21(2)36)27(31-17-24)28(39)35-13-11-34(12-14-35)19-30-9-7-29(8-10-30,20-40-30)32-18-26(37)38/h4-6,15-17,32H,3,7-14,18-20H2,1-2H3,(H,33,36)(H,37,38). The fraction of sp³-hybridized carbons (Fsp3) is 0.533. The molecular weight excluding hydrogens is 510 g/mol. The van der Waals surface area contributed by atoms with Gasteiger partial charge in [0.25, 0.3) is 5.91 Å². The predicted octanol–water partition coefficient (Wildman–Crippen LogP) is 2.78. The van der Waals surface area contributed by atoms with E-state index in [1.54, 1.807) is 6.20 Å². The van der Waals surface area contributed by atoms with E-state index in [2.05, 4.69) is 39.6 Å². The van der Waals surface area contributed by atoms with Gasteiger partial charge < -0.3 is 20.1 Å². The molecule has 0 unspecified atom stereocenters. The Labute approximate surface area is 235 Å². The second-order valence-corrected chi connectivity index (χ2v) is 11.4. The van der Waals surface area contributed by atoms with E-state index < -0.39 is 5.97 Å². The lowest BCUT2D eigenvalue weighted by molar-refractivity contribution is -0.173. The van der Waals surface area contributed by atoms with Gasteiger partial charge in [0.05, 0.1) is 24.4 Å². The van der Waals surface area contributed by atoms with Crippen molar-refractivity contribution in [3.05, 3.63) is 47.8 Å². The maximum Gasteiger partial charge on any atom is 0.317 e. The molecule has 40 heavy (non-hydrogen) atoms. The molecule has 6 rings (SSSR count). The second-order valence-electron chi connectivity index (χ2n) is 11.4. The molecule has 10 nitrogen and oxygen atoms in total. The Bertz CT molecular complexity index is 1250. The van der Waals surface area contributed by atoms with Crippen molar-refractivity contribution in [3.8, 4) is 11.1 Å². The molecule has 0 spiro atoms. The minimum Gasteiger partial charge on any atom is -0.480 e. The number of aryl methyl sites for hydroxylation is 1. The van der Waals surface area contributed by atoms with Gasteiger partial charge in [-0.15, -0.1) is 0 Å². The van der Waals surface area contributed by atoms with Crippen LogP contribution in [0.2, 0.25) is 0 Å². The van der Waals surface area contributed by atoms with Crippen molar-refractivity contribution in [2.24, 2.45) is 0 Å². The normalized spacial score (nSPS) is 24.6. The average molecular weight is 550 g/mol. The number of carboxylic acid groups (broad SMARTS) is 1. The number of rotatable bonds is 9. The van der Waals surface area contributed by atoms with Crippen molar-refractivity contribution in [2.75, 3.05) is 51.2 Å². The van der Waals surface area contributed by atoms with E-state index in [9.17, 15) is 14.4 Å². The monoisotopic (exact) mass is 549 g/mol. The quantitative estimate of drug-likeness (QED) is 0.436. The Hall–Kier alpha value is -3.34. The molecular formula is C30H39N5O5. The number of nitrogens with zero attached hydrogens (tertiary/aromatic N) is 3. The minimum absolute atomic E-state index is 0.0420. The lowest BCUT2D eigenvalue weighted by atomic mass is 9.71. The first-order chi connectivity index (χ1) is 19.2. The van der Waals surface area contributed by atoms with Crippen molar-refractivity contribution in [3.63, 3.8) is 0 Å². The molecule has 1 saturated carbocycles. The average Bonchev–Trinajstić information content (AvgIpc) is 2.97. The van der Waals surface area contributed by atoms with E-state index in [-0.39, 0.29) is 35.2 Å². The highest BCUT2D eigenvalue weighted by Crippen LogP contribution is 2.44. The van der Waals surface area contributed by atoms with Crippen LogP contribution in [0.5, 0.6) is 0 Å². The lowest BCUT2D eigenvalue weighted by Gasteiger charge is -2.55. The number of nitrogens with one attached hydrogen (secondary N) is 2. The molecule has 1 aromatic heterocycles. The van der Waals surface area contributed by atoms with Crippen LogP contribution in [0, 0.1) is 0 Å². The molecule has 1 aromatic carbocycles. The molecule has 4 heterocycles. The summed E-state index contributed by atoms with van der Waals surface area (Å²) < 4.78 is 6.33. The predicted molar refractivity (Wildman–Crippen MR) is 151 cm³/mol. The Morgan fingerprint density at radius 1 is 1.05 bits per heavy atom. The fourth-order valence-electron chi connectivity index (χ4n) is 6.17. The number of aliphatic carboxylic acids is 1. The van der Waals surface area contributed by atoms with Crippen LogP contribution in [-0.4, -0.2) is 94.7 Å². The second kappa shape index (κ2) is 11.6. The summed E-state index contributed by atoms with van der Waals surface area (Å²) in [5, 5.41) is 15.1. The van der Waals surface area contributed by atoms with Crippen LogP contribution in [0.25, 0.3) is 11.1 Å². The molecule has 2 aromatic rings. The van der Waals surface area contributed by atoms with Gasteiger partial charge in [0, 0.05) is 56.9 Å². The number of carbonyl (C=O) groups excluding carboxylic acids is 2. The van der Waals surface area contributed by atoms with Gasteiger partial charge in [-0.1, -0.05) is 31.2 Å². The van der Waals surface area contributed by atoms with Gasteiger partial charge in [0.1, 0.15) is 0 Å². The van der Waals surface area contributed by atoms with E-state index in [0.717, 1.165) is 62.9 Å². The number of amides is 2. The van der Waals surface area contributed by atoms with Crippen LogP contribution in [0.3, 0.4) is 0 Å². The van der Waals surface area contributed by atoms with Crippen molar-refractivity contribution >= 4 is 23.5 Å². The molecule has 2 amide bonds. The highest BCUT2D eigenvalue weighted by atomic mass is 16.5. The van der Waals surface area contributed by atoms with Gasteiger partial charge in [-0.05, 0) is 49.3 Å². The van der Waals surface area contributed by atoms with Gasteiger partial charge in [-0.25, -0.2) is 4.98 Å². The first-order valence-corrected chi connectivity index (χ1v) is 14.2. The van der Waals surface area contributed by atoms with Gasteiger partial charge in [0.2, 0.25) is 5.91 Å². The Morgan fingerprint density at radius 2 is 1.80 bits per heavy atom. The molecule has 4 fully saturated rings. The topological polar surface area (TPSA) is 124 Å². The van der Waals surface area contributed by atoms with Crippen molar-refractivity contribution < 1.29 is 24.2 Å². The zero-order valence-corrected chi connectivity index (χ0v) is 23.4. The fourth-order valence-corrected chi connectivity index (χ4v) is 6.17. The van der Waals surface area contributed by atoms with Gasteiger partial charge in [-0.3, -0.25) is 24.6 Å². The zero-order valence-electron chi connectivity index (χ0n) is 23.4. The van der Waals surface area contributed by atoms with Crippen LogP contribution in [0.15, 0.2) is 36.5 Å². The number of carboxylic acids is 1. The van der Waals surface area contributed by atoms with E-state index in [1.165, 1.54) is 12.5 Å². The number of hydrogen-bond donors (Lipinski definition) is 3. The van der Waals surface area contributed by atoms with Gasteiger partial charge in [0.15, 0.2) is 5.69 Å². The third-order valence-electron chi connectivity index (χ3n) is 8.63. The maximum absolute atomic E-state index is 13.5. The van der Waals surface area contributed by atoms with Crippen LogP contribution >= 0.6 is 0 Å². The number of piperazine rings is 1. The summed E-state index contributed by atoms with van der Waals surface area (Å²) in [4.78, 5) is 45.2. The summed E-state index contributed by atoms with van der Waals surface area (Å²) in [6.45, 7) is 7.45. The molecule has 214 valence electrons. The summed E-state index contributed by atoms with van der Waals surface area (Å²) in [5.41, 5.74) is 3.30. The van der Waals surface area contributed by atoms with Crippen LogP contribution < -0.4 is 10.6 Å². The minimum atomic E-state index is -0.846. The molecule has 0 radical (unpaired) electrons. The summed E-state index contributed by atoms with van der Waals surface area (Å²) in [6, 6.07) is 10.0. The van der Waals surface area contributed by atoms with E-state index in [4.69, 9.17) is 9.84 Å². The first-order valence-electron chi connectivity index (χ1n) is 14.2. The molecule has 2 bridgehead atoms. The Kier molecular flexibility index (Phi) is 8.21. The summed E-state index contributed by atoms with van der Waals surface area (Å²) >= 11 is 0. The van der Waals surface area contributed by atoms with Crippen LogP contribution in [-0.2, 0) is 20.7 Å². The summed E-state index contributed by atoms with van der Waals surface area (Å²) in [6.07, 6.45) is 6.24. The maximum atomic E-state index is 13.5. The number of benzene rings is 1. The van der Waals surface area contributed by atoms with E-state index in [0.29, 0.717) is 25.4 Å². The number of fused-ring (bicyclic) bond motifs is 3. The van der Waals surface area contributed by atoms with E-state index in [1.807, 2.05) is 23.1 Å². The highest BCUT2D eigenvalue weighted by molar-refractivity contribution is 6.02. The van der Waals surface area contributed by atoms with Crippen LogP contribution in [0.1, 0.15) is 55.6 Å². The zero-order chi connectivity index (χ0) is 28.3. The first kappa shape index (κ1) is 28.2. The van der Waals surface area contributed by atoms with E-state index >= 15 is 0 Å². The number of carbonyl (C=O) groups is 3. The van der Waals surface area contributed by atoms with Crippen LogP contribution in [0.4, 0.5) is 5.69 Å². The van der Waals surface area contributed by atoms with Gasteiger partial charge >= 0.3 is 5.97 Å². The molecule has 10 heteroatoms. The SMILES string of the molecule is CCc1cccc(-c2cnc(C(=O)N3CCN(CC45CCC(NCC(=O)O)(CC4)CO5)CC3)c(NC(C)=O)c2)c1. The summed E-state index contributed by atoms with van der Waals surface area (Å²) in [7, 11) is 0. The smallest absolute Gasteiger partial charge is 0.317 e. The van der Waals surface area contributed by atoms with Crippen molar-refractivity contribution in [2.45, 2.75) is 57.1 Å². The number of aromatic nitrogens is 1. The summed E-state index contributed by atoms with van der Waals surface area (Å²) in [5.74, 6) is -1.28. The third kappa shape index (κ3) is 6.19. The molecule has 1 aliphatic carbocycles. The molecule has 3 N–H and O–H groups in total. The highest BCUT2D eigenvalue weighted by Gasteiger charge is 2.50. The number of ether oxygens (including phenoxy) is 1.